The fraction of sp³-hybridized carbons (Fsp3) is 0.444. The van der Waals surface area contributed by atoms with E-state index in [1.807, 2.05) is 29.9 Å². The highest BCUT2D eigenvalue weighted by molar-refractivity contribution is 14.0. The summed E-state index contributed by atoms with van der Waals surface area (Å²) in [5.74, 6) is 0.699. The van der Waals surface area contributed by atoms with Gasteiger partial charge in [0.1, 0.15) is 5.82 Å². The SMILES string of the molecule is CN=C(NCc1ccc(F)c(Cl)c1)N(C)Cc1cn(C)nc1C(C)C.I. The highest BCUT2D eigenvalue weighted by Crippen LogP contribution is 2.19. The number of halogens is 3. The van der Waals surface area contributed by atoms with E-state index in [0.717, 1.165) is 17.2 Å². The minimum absolute atomic E-state index is 0. The quantitative estimate of drug-likeness (QED) is 0.386. The monoisotopic (exact) mass is 493 g/mol. The maximum Gasteiger partial charge on any atom is 0.193 e. The molecule has 8 heteroatoms. The second-order valence-electron chi connectivity index (χ2n) is 6.37. The summed E-state index contributed by atoms with van der Waals surface area (Å²) in [5.41, 5.74) is 3.16. The number of aliphatic imine (C=N–C) groups is 1. The summed E-state index contributed by atoms with van der Waals surface area (Å²) < 4.78 is 15.1. The summed E-state index contributed by atoms with van der Waals surface area (Å²) in [6.07, 6.45) is 2.04. The average molecular weight is 494 g/mol. The van der Waals surface area contributed by atoms with Crippen LogP contribution in [0.25, 0.3) is 0 Å². The number of nitrogens with one attached hydrogen (secondary N) is 1. The van der Waals surface area contributed by atoms with E-state index in [-0.39, 0.29) is 29.0 Å². The zero-order valence-corrected chi connectivity index (χ0v) is 18.8. The molecule has 2 rings (SSSR count). The van der Waals surface area contributed by atoms with Crippen LogP contribution < -0.4 is 5.32 Å². The topological polar surface area (TPSA) is 45.5 Å². The van der Waals surface area contributed by atoms with Crippen LogP contribution in [-0.4, -0.2) is 34.7 Å². The lowest BCUT2D eigenvalue weighted by atomic mass is 10.1. The fourth-order valence-corrected chi connectivity index (χ4v) is 2.91. The molecule has 0 atom stereocenters. The Morgan fingerprint density at radius 3 is 2.69 bits per heavy atom. The zero-order chi connectivity index (χ0) is 18.6. The van der Waals surface area contributed by atoms with Gasteiger partial charge in [0.25, 0.3) is 0 Å². The number of guanidine groups is 1. The van der Waals surface area contributed by atoms with E-state index in [9.17, 15) is 4.39 Å². The van der Waals surface area contributed by atoms with Crippen LogP contribution in [0.1, 0.15) is 36.6 Å². The number of hydrogen-bond donors (Lipinski definition) is 1. The first-order valence-electron chi connectivity index (χ1n) is 8.20. The molecule has 5 nitrogen and oxygen atoms in total. The summed E-state index contributed by atoms with van der Waals surface area (Å²) in [7, 11) is 5.65. The number of aromatic nitrogens is 2. The molecule has 0 aliphatic carbocycles. The molecule has 1 N–H and O–H groups in total. The minimum Gasteiger partial charge on any atom is -0.352 e. The van der Waals surface area contributed by atoms with Crippen molar-refractivity contribution in [3.63, 3.8) is 0 Å². The highest BCUT2D eigenvalue weighted by Gasteiger charge is 2.15. The Kier molecular flexibility index (Phi) is 8.82. The van der Waals surface area contributed by atoms with Crippen LogP contribution in [0.15, 0.2) is 29.4 Å². The van der Waals surface area contributed by atoms with Crippen molar-refractivity contribution in [2.24, 2.45) is 12.0 Å². The minimum atomic E-state index is -0.412. The maximum absolute atomic E-state index is 13.2. The van der Waals surface area contributed by atoms with Crippen molar-refractivity contribution >= 4 is 41.5 Å². The van der Waals surface area contributed by atoms with Crippen LogP contribution >= 0.6 is 35.6 Å². The Morgan fingerprint density at radius 2 is 2.12 bits per heavy atom. The second-order valence-corrected chi connectivity index (χ2v) is 6.78. The smallest absolute Gasteiger partial charge is 0.193 e. The number of hydrogen-bond acceptors (Lipinski definition) is 2. The van der Waals surface area contributed by atoms with E-state index in [1.165, 1.54) is 11.6 Å². The second kappa shape index (κ2) is 10.1. The standard InChI is InChI=1S/C18H25ClFN5.HI/c1-12(2)17-14(11-25(5)23-17)10-24(4)18(21-3)22-9-13-6-7-16(20)15(19)8-13;/h6-8,11-12H,9-10H2,1-5H3,(H,21,22);1H. The van der Waals surface area contributed by atoms with Gasteiger partial charge in [-0.25, -0.2) is 4.39 Å². The van der Waals surface area contributed by atoms with Gasteiger partial charge in [0, 0.05) is 46.0 Å². The van der Waals surface area contributed by atoms with Crippen LogP contribution in [-0.2, 0) is 20.1 Å². The molecular formula is C18H26ClFIN5. The van der Waals surface area contributed by atoms with Gasteiger partial charge in [0.15, 0.2) is 5.96 Å². The predicted octanol–water partition coefficient (Wildman–Crippen LogP) is 4.16. The van der Waals surface area contributed by atoms with Crippen molar-refractivity contribution in [1.82, 2.24) is 20.0 Å². The summed E-state index contributed by atoms with van der Waals surface area (Å²) in [6, 6.07) is 4.70. The van der Waals surface area contributed by atoms with Gasteiger partial charge in [-0.15, -0.1) is 24.0 Å². The van der Waals surface area contributed by atoms with Gasteiger partial charge in [-0.1, -0.05) is 31.5 Å². The van der Waals surface area contributed by atoms with E-state index in [1.54, 1.807) is 19.2 Å². The lowest BCUT2D eigenvalue weighted by molar-refractivity contribution is 0.473. The first kappa shape index (κ1) is 22.7. The van der Waals surface area contributed by atoms with Gasteiger partial charge in [-0.05, 0) is 23.6 Å². The number of rotatable bonds is 5. The number of benzene rings is 1. The molecular weight excluding hydrogens is 468 g/mol. The first-order valence-corrected chi connectivity index (χ1v) is 8.57. The Morgan fingerprint density at radius 1 is 1.42 bits per heavy atom. The molecule has 0 bridgehead atoms. The Labute approximate surface area is 176 Å². The lowest BCUT2D eigenvalue weighted by Gasteiger charge is -2.22. The molecule has 1 aromatic carbocycles. The molecule has 0 saturated heterocycles. The summed E-state index contributed by atoms with van der Waals surface area (Å²) >= 11 is 5.83. The largest absolute Gasteiger partial charge is 0.352 e. The Hall–Kier alpha value is -1.35. The summed E-state index contributed by atoms with van der Waals surface area (Å²) in [6.45, 7) is 5.49. The Bertz CT molecular complexity index is 760. The average Bonchev–Trinajstić information content (AvgIpc) is 2.92. The molecule has 1 aromatic heterocycles. The van der Waals surface area contributed by atoms with E-state index in [0.29, 0.717) is 19.0 Å². The molecule has 0 unspecified atom stereocenters. The van der Waals surface area contributed by atoms with Gasteiger partial charge in [-0.3, -0.25) is 9.67 Å². The van der Waals surface area contributed by atoms with E-state index < -0.39 is 5.82 Å². The van der Waals surface area contributed by atoms with E-state index in [2.05, 4.69) is 29.3 Å². The van der Waals surface area contributed by atoms with Gasteiger partial charge >= 0.3 is 0 Å². The third-order valence-corrected chi connectivity index (χ3v) is 4.19. The van der Waals surface area contributed by atoms with Crippen LogP contribution in [0.4, 0.5) is 4.39 Å². The van der Waals surface area contributed by atoms with Crippen LogP contribution in [0.3, 0.4) is 0 Å². The van der Waals surface area contributed by atoms with Crippen molar-refractivity contribution in [3.05, 3.63) is 52.1 Å². The van der Waals surface area contributed by atoms with Crippen molar-refractivity contribution in [2.45, 2.75) is 32.9 Å². The molecule has 0 aliphatic heterocycles. The molecule has 0 saturated carbocycles. The van der Waals surface area contributed by atoms with E-state index in [4.69, 9.17) is 11.6 Å². The van der Waals surface area contributed by atoms with Gasteiger partial charge in [0.2, 0.25) is 0 Å². The fourth-order valence-electron chi connectivity index (χ4n) is 2.71. The molecule has 0 spiro atoms. The Balaban J connectivity index is 0.00000338. The third-order valence-electron chi connectivity index (χ3n) is 3.90. The van der Waals surface area contributed by atoms with Crippen molar-refractivity contribution in [3.8, 4) is 0 Å². The van der Waals surface area contributed by atoms with Crippen molar-refractivity contribution in [2.75, 3.05) is 14.1 Å². The normalized spacial score (nSPS) is 11.5. The first-order chi connectivity index (χ1) is 11.8. The molecule has 26 heavy (non-hydrogen) atoms. The highest BCUT2D eigenvalue weighted by atomic mass is 127. The van der Waals surface area contributed by atoms with Crippen molar-refractivity contribution in [1.29, 1.82) is 0 Å². The molecule has 144 valence electrons. The molecule has 0 amide bonds. The molecule has 0 radical (unpaired) electrons. The number of aryl methyl sites for hydroxylation is 1. The van der Waals surface area contributed by atoms with Crippen molar-refractivity contribution < 1.29 is 4.39 Å². The zero-order valence-electron chi connectivity index (χ0n) is 15.8. The van der Waals surface area contributed by atoms with Gasteiger partial charge in [-0.2, -0.15) is 5.10 Å². The van der Waals surface area contributed by atoms with E-state index >= 15 is 0 Å². The van der Waals surface area contributed by atoms with Gasteiger partial charge in [0.05, 0.1) is 10.7 Å². The molecule has 0 aliphatic rings. The molecule has 2 aromatic rings. The van der Waals surface area contributed by atoms with Crippen LogP contribution in [0.2, 0.25) is 5.02 Å². The van der Waals surface area contributed by atoms with Crippen LogP contribution in [0.5, 0.6) is 0 Å². The summed E-state index contributed by atoms with van der Waals surface area (Å²) in [4.78, 5) is 6.35. The molecule has 0 fully saturated rings. The lowest BCUT2D eigenvalue weighted by Crippen LogP contribution is -2.38. The summed E-state index contributed by atoms with van der Waals surface area (Å²) in [5, 5.41) is 7.94. The van der Waals surface area contributed by atoms with Crippen LogP contribution in [0, 0.1) is 5.82 Å². The maximum atomic E-state index is 13.2. The predicted molar refractivity (Wildman–Crippen MR) is 116 cm³/mol. The third kappa shape index (κ3) is 5.84. The number of nitrogens with zero attached hydrogens (tertiary/aromatic N) is 4. The van der Waals surface area contributed by atoms with Gasteiger partial charge < -0.3 is 10.2 Å². The molecule has 1 heterocycles.